The zero-order valence-corrected chi connectivity index (χ0v) is 43.4. The number of amides is 4. The summed E-state index contributed by atoms with van der Waals surface area (Å²) in [6, 6.07) is -1.09. The summed E-state index contributed by atoms with van der Waals surface area (Å²) in [7, 11) is 0. The van der Waals surface area contributed by atoms with Crippen molar-refractivity contribution < 1.29 is 43.3 Å². The third-order valence-corrected chi connectivity index (χ3v) is 18.7. The van der Waals surface area contributed by atoms with E-state index in [2.05, 4.69) is 64.1 Å². The second kappa shape index (κ2) is 20.8. The number of rotatable bonds is 20. The first-order chi connectivity index (χ1) is 31.1. The number of carbonyl (C=O) groups is 6. The Morgan fingerprint density at radius 1 is 0.746 bits per heavy atom. The van der Waals surface area contributed by atoms with Crippen molar-refractivity contribution in [2.75, 3.05) is 13.1 Å². The molecule has 5 rings (SSSR count). The molecule has 0 radical (unpaired) electrons. The van der Waals surface area contributed by atoms with Gasteiger partial charge >= 0.3 is 18.0 Å². The lowest BCUT2D eigenvalue weighted by atomic mass is 9.32. The van der Waals surface area contributed by atoms with Crippen molar-refractivity contribution in [3.05, 3.63) is 12.2 Å². The molecule has 0 aliphatic heterocycles. The number of unbranched alkanes of at least 4 members (excludes halogenated alkanes) is 6. The monoisotopic (exact) mass is 939 g/mol. The van der Waals surface area contributed by atoms with Crippen LogP contribution in [0, 0.1) is 62.1 Å². The Bertz CT molecular complexity index is 1860. The summed E-state index contributed by atoms with van der Waals surface area (Å²) in [5.74, 6) is -0.326. The smallest absolute Gasteiger partial charge is 0.408 e. The van der Waals surface area contributed by atoms with Crippen molar-refractivity contribution >= 4 is 35.8 Å². The molecule has 13 heteroatoms. The van der Waals surface area contributed by atoms with Gasteiger partial charge in [0.05, 0.1) is 23.7 Å². The van der Waals surface area contributed by atoms with Crippen LogP contribution in [0.15, 0.2) is 12.2 Å². The molecule has 5 fully saturated rings. The molecule has 0 spiro atoms. The van der Waals surface area contributed by atoms with E-state index in [0.29, 0.717) is 36.8 Å². The van der Waals surface area contributed by atoms with Crippen LogP contribution in [0.5, 0.6) is 0 Å². The fourth-order valence-electron chi connectivity index (χ4n) is 15.1. The molecule has 0 aromatic heterocycles. The average Bonchev–Trinajstić information content (AvgIpc) is 3.61. The Balaban J connectivity index is 1.12. The van der Waals surface area contributed by atoms with Gasteiger partial charge in [-0.1, -0.05) is 78.9 Å². The molecule has 0 unspecified atom stereocenters. The van der Waals surface area contributed by atoms with E-state index in [-0.39, 0.29) is 57.8 Å². The maximum atomic E-state index is 14.6. The number of alkyl carbamates (subject to hydrolysis) is 1. The van der Waals surface area contributed by atoms with Gasteiger partial charge in [-0.3, -0.25) is 24.0 Å². The van der Waals surface area contributed by atoms with E-state index in [0.717, 1.165) is 109 Å². The minimum Gasteiger partial charge on any atom is -0.481 e. The summed E-state index contributed by atoms with van der Waals surface area (Å²) in [4.78, 5) is 76.0. The van der Waals surface area contributed by atoms with Crippen LogP contribution in [-0.2, 0) is 33.4 Å². The highest BCUT2D eigenvalue weighted by atomic mass is 16.6. The Hall–Kier alpha value is -3.64. The number of nitrogens with one attached hydrogen (secondary N) is 3. The number of aliphatic carboxylic acids is 1. The van der Waals surface area contributed by atoms with Crippen molar-refractivity contribution in [3.8, 4) is 0 Å². The van der Waals surface area contributed by atoms with E-state index in [1.807, 2.05) is 0 Å². The van der Waals surface area contributed by atoms with Gasteiger partial charge in [0.15, 0.2) is 0 Å². The molecule has 5 saturated carbocycles. The Labute approximate surface area is 402 Å². The van der Waals surface area contributed by atoms with E-state index < -0.39 is 46.9 Å². The first kappa shape index (κ1) is 54.3. The summed E-state index contributed by atoms with van der Waals surface area (Å²) in [5, 5.41) is 18.4. The van der Waals surface area contributed by atoms with Gasteiger partial charge in [-0.2, -0.15) is 0 Å². The Morgan fingerprint density at radius 3 is 1.94 bits per heavy atom. The summed E-state index contributed by atoms with van der Waals surface area (Å²) >= 11 is 0. The predicted octanol–water partition coefficient (Wildman–Crippen LogP) is 9.79. The highest BCUT2D eigenvalue weighted by Crippen LogP contribution is 2.77. The van der Waals surface area contributed by atoms with E-state index in [4.69, 9.17) is 15.2 Å². The quantitative estimate of drug-likeness (QED) is 0.0447. The summed E-state index contributed by atoms with van der Waals surface area (Å²) in [5.41, 5.74) is 4.31. The van der Waals surface area contributed by atoms with E-state index in [1.54, 1.807) is 34.6 Å². The molecule has 0 aromatic rings. The number of carboxylic acid groups (broad SMARTS) is 1. The van der Waals surface area contributed by atoms with Crippen LogP contribution in [0.4, 0.5) is 4.79 Å². The number of allylic oxidation sites excluding steroid dienone is 1. The summed E-state index contributed by atoms with van der Waals surface area (Å²) < 4.78 is 11.4. The molecule has 4 amide bonds. The molecule has 11 atom stereocenters. The molecule has 5 aliphatic rings. The van der Waals surface area contributed by atoms with Crippen LogP contribution in [0.3, 0.4) is 0 Å². The average molecular weight is 939 g/mol. The number of hydrogen-bond acceptors (Lipinski definition) is 8. The van der Waals surface area contributed by atoms with Gasteiger partial charge in [0, 0.05) is 18.5 Å². The molecule has 13 nitrogen and oxygen atoms in total. The zero-order valence-electron chi connectivity index (χ0n) is 43.4. The fourth-order valence-corrected chi connectivity index (χ4v) is 15.1. The van der Waals surface area contributed by atoms with Crippen molar-refractivity contribution in [2.24, 2.45) is 67.8 Å². The zero-order chi connectivity index (χ0) is 50.0. The van der Waals surface area contributed by atoms with Crippen LogP contribution in [0.1, 0.15) is 198 Å². The molecule has 380 valence electrons. The number of primary amides is 1. The van der Waals surface area contributed by atoms with Crippen molar-refractivity contribution in [3.63, 3.8) is 0 Å². The number of esters is 1. The van der Waals surface area contributed by atoms with Gasteiger partial charge in [-0.25, -0.2) is 4.79 Å². The van der Waals surface area contributed by atoms with Crippen molar-refractivity contribution in [1.82, 2.24) is 16.0 Å². The van der Waals surface area contributed by atoms with E-state index in [9.17, 15) is 33.9 Å². The minimum atomic E-state index is -1.17. The lowest BCUT2D eigenvalue weighted by molar-refractivity contribution is -0.249. The topological polar surface area (TPSA) is 203 Å². The van der Waals surface area contributed by atoms with Crippen LogP contribution in [0.25, 0.3) is 0 Å². The molecular formula is C54H90N4O9. The standard InChI is InChI=1S/C54H90N4O9/c1-34(2)35-22-27-54(45(62)57-31-19-17-15-13-14-16-18-30-56-44(61)37(32-41(55)59)58-47(65)67-48(3,4)5)29-28-52(11)36(43(35)54)20-21-39-51(10)25-24-40(66-42(60)33-49(6,7)46(63)64)50(8,9)38(51)23-26-53(39,52)12/h35-40,43H,1,13-33H2,2-12H3,(H2,55,59)(H,56,61)(H,57,62)(H,58,65)(H,63,64)/t35-,36+,37-,38-,39+,40-,43+,51-,52+,53+,54-/m0/s1. The first-order valence-electron chi connectivity index (χ1n) is 26.0. The summed E-state index contributed by atoms with van der Waals surface area (Å²) in [6.45, 7) is 28.5. The van der Waals surface area contributed by atoms with Crippen molar-refractivity contribution in [1.29, 1.82) is 0 Å². The van der Waals surface area contributed by atoms with Gasteiger partial charge in [-0.15, -0.1) is 0 Å². The van der Waals surface area contributed by atoms with Crippen LogP contribution in [-0.4, -0.2) is 71.7 Å². The predicted molar refractivity (Wildman–Crippen MR) is 260 cm³/mol. The number of carboxylic acids is 1. The number of nitrogens with two attached hydrogens (primary N) is 1. The number of hydrogen-bond donors (Lipinski definition) is 5. The third-order valence-electron chi connectivity index (χ3n) is 18.7. The second-order valence-corrected chi connectivity index (χ2v) is 24.9. The van der Waals surface area contributed by atoms with E-state index in [1.165, 1.54) is 5.57 Å². The summed E-state index contributed by atoms with van der Waals surface area (Å²) in [6.07, 6.45) is 15.6. The minimum absolute atomic E-state index is 0.0857. The Kier molecular flexibility index (Phi) is 16.8. The molecule has 5 aliphatic carbocycles. The fraction of sp³-hybridized carbons (Fsp3) is 0.852. The van der Waals surface area contributed by atoms with E-state index >= 15 is 0 Å². The molecule has 0 aromatic carbocycles. The van der Waals surface area contributed by atoms with Crippen LogP contribution in [0.2, 0.25) is 0 Å². The lowest BCUT2D eigenvalue weighted by Gasteiger charge is -2.72. The molecule has 0 heterocycles. The number of ether oxygens (including phenoxy) is 2. The normalized spacial score (nSPS) is 33.6. The van der Waals surface area contributed by atoms with Crippen molar-refractivity contribution in [2.45, 2.75) is 216 Å². The van der Waals surface area contributed by atoms with Crippen LogP contribution >= 0.6 is 0 Å². The molecule has 67 heavy (non-hydrogen) atoms. The van der Waals surface area contributed by atoms with Gasteiger partial charge in [0.2, 0.25) is 17.7 Å². The second-order valence-electron chi connectivity index (χ2n) is 24.9. The maximum Gasteiger partial charge on any atom is 0.408 e. The highest BCUT2D eigenvalue weighted by Gasteiger charge is 2.72. The number of carbonyl (C=O) groups excluding carboxylic acids is 5. The maximum absolute atomic E-state index is 14.6. The largest absolute Gasteiger partial charge is 0.481 e. The molecular weight excluding hydrogens is 849 g/mol. The van der Waals surface area contributed by atoms with Crippen LogP contribution < -0.4 is 21.7 Å². The third kappa shape index (κ3) is 11.4. The highest BCUT2D eigenvalue weighted by molar-refractivity contribution is 5.90. The van der Waals surface area contributed by atoms with Gasteiger partial charge in [0.1, 0.15) is 17.7 Å². The number of fused-ring (bicyclic) bond motifs is 7. The SMILES string of the molecule is C=C(C)[C@@H]1CC[C@]2(C(=O)NCCCCCCCCCNC(=O)[C@H](CC(N)=O)NC(=O)OC(C)(C)C)CC[C@]3(C)[C@H](CC[C@@H]4[C@@]5(C)CC[C@H](OC(=O)CC(C)(C)C(=O)O)C(C)(C)[C@@H]5CC[C@]43C)[C@@H]12. The lowest BCUT2D eigenvalue weighted by Crippen LogP contribution is -2.67. The molecule has 0 saturated heterocycles. The molecule has 6 N–H and O–H groups in total. The van der Waals surface area contributed by atoms with Gasteiger partial charge in [-0.05, 0) is 164 Å². The van der Waals surface area contributed by atoms with Gasteiger partial charge < -0.3 is 36.3 Å². The van der Waals surface area contributed by atoms with Gasteiger partial charge in [0.25, 0.3) is 0 Å². The first-order valence-corrected chi connectivity index (χ1v) is 26.0. The Morgan fingerprint density at radius 2 is 1.36 bits per heavy atom. The molecule has 0 bridgehead atoms.